The summed E-state index contributed by atoms with van der Waals surface area (Å²) in [4.78, 5) is 12.1. The molecule has 2 nitrogen and oxygen atoms in total. The van der Waals surface area contributed by atoms with Gasteiger partial charge in [-0.2, -0.15) is 0 Å². The number of hydrogen-bond acceptors (Lipinski definition) is 1. The first-order chi connectivity index (χ1) is 8.33. The molecule has 17 heavy (non-hydrogen) atoms. The minimum atomic E-state index is 0.279. The van der Waals surface area contributed by atoms with Crippen molar-refractivity contribution in [1.82, 2.24) is 5.32 Å². The lowest BCUT2D eigenvalue weighted by molar-refractivity contribution is -0.126. The summed E-state index contributed by atoms with van der Waals surface area (Å²) in [5.41, 5.74) is 1.18. The molecule has 2 aliphatic rings. The lowest BCUT2D eigenvalue weighted by Crippen LogP contribution is -2.33. The third kappa shape index (κ3) is 2.21. The van der Waals surface area contributed by atoms with Gasteiger partial charge in [0.15, 0.2) is 0 Å². The Bertz CT molecular complexity index is 401. The van der Waals surface area contributed by atoms with Crippen molar-refractivity contribution in [2.24, 2.45) is 17.8 Å². The molecule has 2 fully saturated rings. The molecule has 3 rings (SSSR count). The quantitative estimate of drug-likeness (QED) is 0.848. The van der Waals surface area contributed by atoms with Crippen molar-refractivity contribution in [2.45, 2.75) is 32.2 Å². The number of nitrogens with one attached hydrogen (secondary N) is 1. The van der Waals surface area contributed by atoms with Crippen LogP contribution >= 0.6 is 0 Å². The summed E-state index contributed by atoms with van der Waals surface area (Å²) in [6.45, 7) is 0.674. The van der Waals surface area contributed by atoms with Gasteiger partial charge in [0.2, 0.25) is 5.91 Å². The van der Waals surface area contributed by atoms with E-state index in [2.05, 4.69) is 17.4 Å². The first-order valence-electron chi connectivity index (χ1n) is 6.64. The van der Waals surface area contributed by atoms with Crippen molar-refractivity contribution >= 4 is 5.91 Å². The van der Waals surface area contributed by atoms with Gasteiger partial charge in [0, 0.05) is 12.5 Å². The number of amides is 1. The first-order valence-corrected chi connectivity index (χ1v) is 6.64. The smallest absolute Gasteiger partial charge is 0.223 e. The summed E-state index contributed by atoms with van der Waals surface area (Å²) in [5.74, 6) is 2.10. The van der Waals surface area contributed by atoms with E-state index >= 15 is 0 Å². The summed E-state index contributed by atoms with van der Waals surface area (Å²) in [5, 5.41) is 3.09. The van der Waals surface area contributed by atoms with E-state index in [-0.39, 0.29) is 5.91 Å². The monoisotopic (exact) mass is 229 g/mol. The van der Waals surface area contributed by atoms with Gasteiger partial charge in [0.25, 0.3) is 0 Å². The second-order valence-electron chi connectivity index (χ2n) is 5.48. The van der Waals surface area contributed by atoms with Crippen molar-refractivity contribution in [1.29, 1.82) is 0 Å². The van der Waals surface area contributed by atoms with E-state index in [1.165, 1.54) is 24.8 Å². The Morgan fingerprint density at radius 2 is 2.00 bits per heavy atom. The summed E-state index contributed by atoms with van der Waals surface area (Å²) < 4.78 is 0. The molecule has 1 aromatic carbocycles. The van der Waals surface area contributed by atoms with Gasteiger partial charge in [-0.05, 0) is 36.7 Å². The van der Waals surface area contributed by atoms with Gasteiger partial charge >= 0.3 is 0 Å². The van der Waals surface area contributed by atoms with Crippen LogP contribution in [0, 0.1) is 17.8 Å². The molecule has 2 heteroatoms. The van der Waals surface area contributed by atoms with E-state index < -0.39 is 0 Å². The van der Waals surface area contributed by atoms with Gasteiger partial charge in [0.1, 0.15) is 0 Å². The fourth-order valence-electron chi connectivity index (χ4n) is 3.48. The van der Waals surface area contributed by atoms with E-state index in [1.54, 1.807) is 0 Å². The molecule has 0 radical (unpaired) electrons. The van der Waals surface area contributed by atoms with Crippen molar-refractivity contribution in [3.8, 4) is 0 Å². The lowest BCUT2D eigenvalue weighted by atomic mass is 9.88. The van der Waals surface area contributed by atoms with Gasteiger partial charge in [-0.15, -0.1) is 0 Å². The third-order valence-corrected chi connectivity index (χ3v) is 4.38. The Morgan fingerprint density at radius 3 is 2.65 bits per heavy atom. The molecule has 0 aromatic heterocycles. The van der Waals surface area contributed by atoms with Gasteiger partial charge < -0.3 is 5.32 Å². The summed E-state index contributed by atoms with van der Waals surface area (Å²) in [6, 6.07) is 10.1. The normalized spacial score (nSPS) is 30.5. The molecule has 1 amide bonds. The number of fused-ring (bicyclic) bond motifs is 2. The van der Waals surface area contributed by atoms with E-state index in [4.69, 9.17) is 0 Å². The lowest BCUT2D eigenvalue weighted by Gasteiger charge is -2.20. The Kier molecular flexibility index (Phi) is 2.87. The zero-order chi connectivity index (χ0) is 11.7. The Morgan fingerprint density at radius 1 is 1.18 bits per heavy atom. The number of hydrogen-bond donors (Lipinski definition) is 1. The highest BCUT2D eigenvalue weighted by molar-refractivity contribution is 5.79. The molecule has 0 unspecified atom stereocenters. The fourth-order valence-corrected chi connectivity index (χ4v) is 3.48. The van der Waals surface area contributed by atoms with Gasteiger partial charge in [-0.25, -0.2) is 0 Å². The summed E-state index contributed by atoms with van der Waals surface area (Å²) in [6.07, 6.45) is 5.05. The van der Waals surface area contributed by atoms with Crippen LogP contribution in [0.1, 0.15) is 31.2 Å². The summed E-state index contributed by atoms with van der Waals surface area (Å²) >= 11 is 0. The van der Waals surface area contributed by atoms with Crippen LogP contribution in [0.25, 0.3) is 0 Å². The zero-order valence-corrected chi connectivity index (χ0v) is 10.1. The standard InChI is InChI=1S/C15H19NO/c17-15(14-9-12-6-7-13(14)8-12)16-10-11-4-2-1-3-5-11/h1-5,12-14H,6-10H2,(H,16,17)/t12-,13+,14-/m0/s1. The van der Waals surface area contributed by atoms with Crippen LogP contribution in [0.3, 0.4) is 0 Å². The molecule has 0 aliphatic heterocycles. The SMILES string of the molecule is O=C(NCc1ccccc1)[C@H]1C[C@H]2CC[C@@H]1C2. The van der Waals surface area contributed by atoms with E-state index in [9.17, 15) is 4.79 Å². The molecular weight excluding hydrogens is 210 g/mol. The van der Waals surface area contributed by atoms with Crippen LogP contribution in [0.15, 0.2) is 30.3 Å². The molecule has 1 aromatic rings. The maximum absolute atomic E-state index is 12.1. The minimum Gasteiger partial charge on any atom is -0.352 e. The predicted molar refractivity (Wildman–Crippen MR) is 67.2 cm³/mol. The Labute approximate surface area is 102 Å². The van der Waals surface area contributed by atoms with Crippen LogP contribution in [0.2, 0.25) is 0 Å². The van der Waals surface area contributed by atoms with Crippen LogP contribution in [-0.4, -0.2) is 5.91 Å². The molecule has 0 saturated heterocycles. The third-order valence-electron chi connectivity index (χ3n) is 4.38. The molecule has 2 aliphatic carbocycles. The van der Waals surface area contributed by atoms with Gasteiger partial charge in [-0.3, -0.25) is 4.79 Å². The zero-order valence-electron chi connectivity index (χ0n) is 10.1. The highest BCUT2D eigenvalue weighted by Gasteiger charge is 2.42. The van der Waals surface area contributed by atoms with Gasteiger partial charge in [0.05, 0.1) is 0 Å². The number of carbonyl (C=O) groups is 1. The molecule has 2 bridgehead atoms. The van der Waals surface area contributed by atoms with E-state index in [0.717, 1.165) is 12.3 Å². The largest absolute Gasteiger partial charge is 0.352 e. The Hall–Kier alpha value is -1.31. The molecular formula is C15H19NO. The van der Waals surface area contributed by atoms with Crippen molar-refractivity contribution in [3.63, 3.8) is 0 Å². The molecule has 3 atom stereocenters. The topological polar surface area (TPSA) is 29.1 Å². The average Bonchev–Trinajstić information content (AvgIpc) is 2.99. The molecule has 90 valence electrons. The maximum atomic E-state index is 12.1. The van der Waals surface area contributed by atoms with E-state index in [0.29, 0.717) is 18.4 Å². The van der Waals surface area contributed by atoms with Crippen molar-refractivity contribution in [3.05, 3.63) is 35.9 Å². The van der Waals surface area contributed by atoms with Crippen LogP contribution in [0.4, 0.5) is 0 Å². The van der Waals surface area contributed by atoms with Gasteiger partial charge in [-0.1, -0.05) is 36.8 Å². The van der Waals surface area contributed by atoms with Crippen molar-refractivity contribution in [2.75, 3.05) is 0 Å². The Balaban J connectivity index is 1.54. The predicted octanol–water partition coefficient (Wildman–Crippen LogP) is 2.74. The first kappa shape index (κ1) is 10.8. The fraction of sp³-hybridized carbons (Fsp3) is 0.533. The highest BCUT2D eigenvalue weighted by Crippen LogP contribution is 2.48. The minimum absolute atomic E-state index is 0.279. The second-order valence-corrected chi connectivity index (χ2v) is 5.48. The number of carbonyl (C=O) groups excluding carboxylic acids is 1. The summed E-state index contributed by atoms with van der Waals surface area (Å²) in [7, 11) is 0. The molecule has 0 spiro atoms. The highest BCUT2D eigenvalue weighted by atomic mass is 16.1. The molecule has 0 heterocycles. The van der Waals surface area contributed by atoms with Crippen LogP contribution in [-0.2, 0) is 11.3 Å². The van der Waals surface area contributed by atoms with Crippen LogP contribution in [0.5, 0.6) is 0 Å². The van der Waals surface area contributed by atoms with Crippen molar-refractivity contribution < 1.29 is 4.79 Å². The van der Waals surface area contributed by atoms with Crippen LogP contribution < -0.4 is 5.32 Å². The van der Waals surface area contributed by atoms with E-state index in [1.807, 2.05) is 18.2 Å². The second kappa shape index (κ2) is 4.52. The number of rotatable bonds is 3. The molecule has 1 N–H and O–H groups in total. The number of benzene rings is 1. The average molecular weight is 229 g/mol. The maximum Gasteiger partial charge on any atom is 0.223 e. The molecule has 2 saturated carbocycles.